The molecule has 0 saturated heterocycles. The van der Waals surface area contributed by atoms with Crippen LogP contribution in [0.5, 0.6) is 0 Å². The number of carbonyl (C=O) groups is 1. The smallest absolute Gasteiger partial charge is 0.326 e. The van der Waals surface area contributed by atoms with Gasteiger partial charge in [0.05, 0.1) is 0 Å². The Hall–Kier alpha value is -1.65. The summed E-state index contributed by atoms with van der Waals surface area (Å²) in [4.78, 5) is 20.2. The number of aliphatic carboxylic acids is 1. The van der Waals surface area contributed by atoms with Gasteiger partial charge in [-0.3, -0.25) is 0 Å². The molecule has 1 aromatic heterocycles. The molecule has 1 unspecified atom stereocenters. The molecule has 0 amide bonds. The van der Waals surface area contributed by atoms with Crippen LogP contribution in [-0.2, 0) is 4.79 Å². The summed E-state index contributed by atoms with van der Waals surface area (Å²) >= 11 is 0. The van der Waals surface area contributed by atoms with Crippen LogP contribution >= 0.6 is 0 Å². The molecule has 1 N–H and O–H groups in total. The van der Waals surface area contributed by atoms with Crippen molar-refractivity contribution in [2.45, 2.75) is 19.9 Å². The predicted octanol–water partition coefficient (Wildman–Crippen LogP) is 0.694. The largest absolute Gasteiger partial charge is 0.480 e. The lowest BCUT2D eigenvalue weighted by molar-refractivity contribution is -0.138. The normalized spacial score (nSPS) is 12.2. The molecule has 1 heterocycles. The van der Waals surface area contributed by atoms with E-state index in [1.807, 2.05) is 6.92 Å². The number of aryl methyl sites for hydroxylation is 1. The van der Waals surface area contributed by atoms with Crippen LogP contribution in [-0.4, -0.2) is 34.1 Å². The molecule has 0 saturated carbocycles. The fourth-order valence-electron chi connectivity index (χ4n) is 0.997. The van der Waals surface area contributed by atoms with Crippen LogP contribution in [0.15, 0.2) is 12.4 Å². The van der Waals surface area contributed by atoms with Crippen molar-refractivity contribution in [3.63, 3.8) is 0 Å². The highest BCUT2D eigenvalue weighted by Crippen LogP contribution is 2.11. The number of anilines is 1. The SMILES string of the molecule is Cc1cc(N(C)C(C)C(=O)O)ncn1. The number of carboxylic acids is 1. The number of hydrogen-bond donors (Lipinski definition) is 1. The van der Waals surface area contributed by atoms with Gasteiger partial charge in [-0.25, -0.2) is 14.8 Å². The summed E-state index contributed by atoms with van der Waals surface area (Å²) in [5, 5.41) is 8.80. The first-order valence-corrected chi connectivity index (χ1v) is 4.26. The van der Waals surface area contributed by atoms with Crippen LogP contribution in [0.4, 0.5) is 5.82 Å². The van der Waals surface area contributed by atoms with Crippen LogP contribution < -0.4 is 4.90 Å². The molecule has 0 aliphatic heterocycles. The van der Waals surface area contributed by atoms with Crippen LogP contribution in [0.2, 0.25) is 0 Å². The second-order valence-electron chi connectivity index (χ2n) is 3.14. The monoisotopic (exact) mass is 195 g/mol. The zero-order valence-corrected chi connectivity index (χ0v) is 8.43. The third-order valence-electron chi connectivity index (χ3n) is 2.09. The lowest BCUT2D eigenvalue weighted by Crippen LogP contribution is -2.36. The third-order valence-corrected chi connectivity index (χ3v) is 2.09. The van der Waals surface area contributed by atoms with E-state index in [-0.39, 0.29) is 0 Å². The second kappa shape index (κ2) is 4.04. The van der Waals surface area contributed by atoms with E-state index in [0.717, 1.165) is 5.69 Å². The molecule has 0 aliphatic carbocycles. The van der Waals surface area contributed by atoms with E-state index in [2.05, 4.69) is 9.97 Å². The summed E-state index contributed by atoms with van der Waals surface area (Å²) < 4.78 is 0. The number of rotatable bonds is 3. The third kappa shape index (κ3) is 2.18. The van der Waals surface area contributed by atoms with Crippen LogP contribution in [0.25, 0.3) is 0 Å². The van der Waals surface area contributed by atoms with Crippen molar-refractivity contribution in [3.8, 4) is 0 Å². The first-order chi connectivity index (χ1) is 6.52. The Bertz CT molecular complexity index is 341. The molecule has 0 aromatic carbocycles. The quantitative estimate of drug-likeness (QED) is 0.768. The van der Waals surface area contributed by atoms with Gasteiger partial charge in [0.25, 0.3) is 0 Å². The van der Waals surface area contributed by atoms with Gasteiger partial charge in [0.15, 0.2) is 0 Å². The lowest BCUT2D eigenvalue weighted by atomic mass is 10.3. The minimum atomic E-state index is -0.872. The molecular formula is C9H13N3O2. The molecule has 1 aromatic rings. The highest BCUT2D eigenvalue weighted by atomic mass is 16.4. The Labute approximate surface area is 82.4 Å². The topological polar surface area (TPSA) is 66.3 Å². The molecule has 1 rings (SSSR count). The molecular weight excluding hydrogens is 182 g/mol. The molecule has 0 spiro atoms. The van der Waals surface area contributed by atoms with E-state index in [9.17, 15) is 4.79 Å². The number of aromatic nitrogens is 2. The van der Waals surface area contributed by atoms with Crippen molar-refractivity contribution in [3.05, 3.63) is 18.1 Å². The molecule has 14 heavy (non-hydrogen) atoms. The Balaban J connectivity index is 2.89. The number of likely N-dealkylation sites (N-methyl/N-ethyl adjacent to an activating group) is 1. The summed E-state index contributed by atoms with van der Waals surface area (Å²) in [5.41, 5.74) is 0.819. The minimum Gasteiger partial charge on any atom is -0.480 e. The summed E-state index contributed by atoms with van der Waals surface area (Å²) in [6.45, 7) is 3.45. The summed E-state index contributed by atoms with van der Waals surface area (Å²) in [5.74, 6) is -0.254. The highest BCUT2D eigenvalue weighted by Gasteiger charge is 2.17. The van der Waals surface area contributed by atoms with Gasteiger partial charge in [0.1, 0.15) is 18.2 Å². The van der Waals surface area contributed by atoms with Gasteiger partial charge >= 0.3 is 5.97 Å². The second-order valence-corrected chi connectivity index (χ2v) is 3.14. The molecule has 0 radical (unpaired) electrons. The van der Waals surface area contributed by atoms with E-state index < -0.39 is 12.0 Å². The van der Waals surface area contributed by atoms with Gasteiger partial charge in [0.2, 0.25) is 0 Å². The molecule has 0 aliphatic rings. The average molecular weight is 195 g/mol. The molecule has 5 heteroatoms. The Morgan fingerprint density at radius 2 is 2.21 bits per heavy atom. The summed E-state index contributed by atoms with van der Waals surface area (Å²) in [6.07, 6.45) is 1.43. The van der Waals surface area contributed by atoms with Crippen molar-refractivity contribution in [1.82, 2.24) is 9.97 Å². The lowest BCUT2D eigenvalue weighted by Gasteiger charge is -2.22. The van der Waals surface area contributed by atoms with Gasteiger partial charge < -0.3 is 10.0 Å². The maximum absolute atomic E-state index is 10.7. The van der Waals surface area contributed by atoms with Gasteiger partial charge in [-0.1, -0.05) is 0 Å². The zero-order chi connectivity index (χ0) is 10.7. The highest BCUT2D eigenvalue weighted by molar-refractivity contribution is 5.76. The van der Waals surface area contributed by atoms with E-state index in [1.54, 1.807) is 24.9 Å². The Morgan fingerprint density at radius 3 is 2.71 bits per heavy atom. The molecule has 5 nitrogen and oxygen atoms in total. The zero-order valence-electron chi connectivity index (χ0n) is 8.43. The standard InChI is InChI=1S/C9H13N3O2/c1-6-4-8(11-5-10-6)12(3)7(2)9(13)14/h4-5,7H,1-3H3,(H,13,14). The first-order valence-electron chi connectivity index (χ1n) is 4.26. The van der Waals surface area contributed by atoms with E-state index in [0.29, 0.717) is 5.82 Å². The summed E-state index contributed by atoms with van der Waals surface area (Å²) in [7, 11) is 1.69. The minimum absolute atomic E-state index is 0.593. The summed E-state index contributed by atoms with van der Waals surface area (Å²) in [6, 6.07) is 1.16. The molecule has 0 fully saturated rings. The number of carboxylic acid groups (broad SMARTS) is 1. The van der Waals surface area contributed by atoms with Crippen molar-refractivity contribution in [1.29, 1.82) is 0 Å². The van der Waals surface area contributed by atoms with E-state index in [1.165, 1.54) is 6.33 Å². The van der Waals surface area contributed by atoms with Crippen molar-refractivity contribution in [2.24, 2.45) is 0 Å². The average Bonchev–Trinajstić information content (AvgIpc) is 2.15. The fraction of sp³-hybridized carbons (Fsp3) is 0.444. The maximum Gasteiger partial charge on any atom is 0.326 e. The van der Waals surface area contributed by atoms with Gasteiger partial charge in [-0.15, -0.1) is 0 Å². The van der Waals surface area contributed by atoms with Crippen molar-refractivity contribution < 1.29 is 9.90 Å². The Kier molecular flexibility index (Phi) is 3.01. The van der Waals surface area contributed by atoms with Gasteiger partial charge in [0, 0.05) is 18.8 Å². The van der Waals surface area contributed by atoms with E-state index in [4.69, 9.17) is 5.11 Å². The van der Waals surface area contributed by atoms with Crippen LogP contribution in [0.3, 0.4) is 0 Å². The van der Waals surface area contributed by atoms with Gasteiger partial charge in [-0.2, -0.15) is 0 Å². The molecule has 1 atom stereocenters. The Morgan fingerprint density at radius 1 is 1.57 bits per heavy atom. The number of hydrogen-bond acceptors (Lipinski definition) is 4. The predicted molar refractivity (Wildman–Crippen MR) is 52.3 cm³/mol. The fourth-order valence-corrected chi connectivity index (χ4v) is 0.997. The molecule has 0 bridgehead atoms. The van der Waals surface area contributed by atoms with Crippen molar-refractivity contribution in [2.75, 3.05) is 11.9 Å². The van der Waals surface area contributed by atoms with Crippen LogP contribution in [0, 0.1) is 6.92 Å². The van der Waals surface area contributed by atoms with Crippen molar-refractivity contribution >= 4 is 11.8 Å². The maximum atomic E-state index is 10.7. The van der Waals surface area contributed by atoms with Crippen LogP contribution in [0.1, 0.15) is 12.6 Å². The molecule has 76 valence electrons. The first kappa shape index (κ1) is 10.4. The van der Waals surface area contributed by atoms with E-state index >= 15 is 0 Å². The van der Waals surface area contributed by atoms with Gasteiger partial charge in [-0.05, 0) is 13.8 Å². The number of nitrogens with zero attached hydrogens (tertiary/aromatic N) is 3.